The number of nitrogens with one attached hydrogen (secondary N) is 1. The van der Waals surface area contributed by atoms with Crippen LogP contribution in [-0.2, 0) is 5.92 Å². The minimum absolute atomic E-state index is 0.165. The average molecular weight is 336 g/mol. The number of phenols is 1. The van der Waals surface area contributed by atoms with Gasteiger partial charge in [0.25, 0.3) is 5.91 Å². The monoisotopic (exact) mass is 336 g/mol. The molecule has 2 N–H and O–H groups in total. The first-order valence-electron chi connectivity index (χ1n) is 6.04. The van der Waals surface area contributed by atoms with Crippen LogP contribution in [0.2, 0.25) is 0 Å². The second kappa shape index (κ2) is 5.52. The number of halogens is 5. The van der Waals surface area contributed by atoms with Gasteiger partial charge in [-0.05, 0) is 24.6 Å². The number of oxazole rings is 1. The zero-order chi connectivity index (χ0) is 17.4. The van der Waals surface area contributed by atoms with Gasteiger partial charge in [0.1, 0.15) is 5.75 Å². The Morgan fingerprint density at radius 1 is 1.26 bits per heavy atom. The van der Waals surface area contributed by atoms with Gasteiger partial charge in [0.15, 0.2) is 0 Å². The van der Waals surface area contributed by atoms with Gasteiger partial charge in [-0.3, -0.25) is 10.1 Å². The number of aromatic hydroxyl groups is 1. The summed E-state index contributed by atoms with van der Waals surface area (Å²) >= 11 is 0. The van der Waals surface area contributed by atoms with Gasteiger partial charge < -0.3 is 9.52 Å². The van der Waals surface area contributed by atoms with Crippen LogP contribution in [0.3, 0.4) is 0 Å². The molecule has 2 rings (SSSR count). The summed E-state index contributed by atoms with van der Waals surface area (Å²) in [6.45, 7) is 1.65. The number of amides is 1. The highest BCUT2D eigenvalue weighted by molar-refractivity contribution is 6.05. The van der Waals surface area contributed by atoms with Crippen LogP contribution in [0.15, 0.2) is 28.8 Å². The summed E-state index contributed by atoms with van der Waals surface area (Å²) in [5.41, 5.74) is 0.431. The van der Waals surface area contributed by atoms with E-state index in [-0.39, 0.29) is 11.8 Å². The fraction of sp³-hybridized carbons (Fsp3) is 0.231. The molecule has 10 heteroatoms. The molecule has 23 heavy (non-hydrogen) atoms. The van der Waals surface area contributed by atoms with Crippen LogP contribution in [0.5, 0.6) is 5.75 Å². The number of hydrogen-bond acceptors (Lipinski definition) is 4. The molecule has 0 bridgehead atoms. The van der Waals surface area contributed by atoms with E-state index in [0.717, 1.165) is 0 Å². The van der Waals surface area contributed by atoms with Crippen molar-refractivity contribution in [1.29, 1.82) is 0 Å². The molecule has 0 aliphatic heterocycles. The van der Waals surface area contributed by atoms with Crippen molar-refractivity contribution in [2.45, 2.75) is 19.0 Å². The number of alkyl halides is 5. The molecule has 0 spiro atoms. The summed E-state index contributed by atoms with van der Waals surface area (Å²) in [6, 6.07) is 3.16. The molecule has 0 unspecified atom stereocenters. The largest absolute Gasteiger partial charge is 0.507 e. The zero-order valence-electron chi connectivity index (χ0n) is 11.4. The number of aryl methyl sites for hydroxylation is 1. The van der Waals surface area contributed by atoms with Crippen molar-refractivity contribution in [2.24, 2.45) is 0 Å². The van der Waals surface area contributed by atoms with E-state index in [1.165, 1.54) is 18.2 Å². The number of aromatic nitrogens is 1. The van der Waals surface area contributed by atoms with Crippen LogP contribution in [0, 0.1) is 6.92 Å². The molecule has 0 fully saturated rings. The topological polar surface area (TPSA) is 75.4 Å². The highest BCUT2D eigenvalue weighted by Gasteiger charge is 2.61. The third-order valence-corrected chi connectivity index (χ3v) is 2.79. The second-order valence-electron chi connectivity index (χ2n) is 4.58. The second-order valence-corrected chi connectivity index (χ2v) is 4.58. The van der Waals surface area contributed by atoms with Crippen molar-refractivity contribution >= 4 is 11.9 Å². The van der Waals surface area contributed by atoms with Gasteiger partial charge in [0, 0.05) is 0 Å². The SMILES string of the molecule is Cc1ccc(C(=O)Nc2ncc(C(F)(F)C(F)(F)F)o2)c(O)c1. The number of anilines is 1. The van der Waals surface area contributed by atoms with Crippen molar-refractivity contribution in [3.05, 3.63) is 41.3 Å². The molecule has 0 aliphatic carbocycles. The number of rotatable bonds is 3. The first kappa shape index (κ1) is 16.7. The lowest BCUT2D eigenvalue weighted by atomic mass is 10.1. The fourth-order valence-corrected chi connectivity index (χ4v) is 1.61. The molecule has 1 aromatic carbocycles. The van der Waals surface area contributed by atoms with Gasteiger partial charge in [-0.2, -0.15) is 22.0 Å². The van der Waals surface area contributed by atoms with E-state index in [1.54, 1.807) is 6.92 Å². The molecular weight excluding hydrogens is 327 g/mol. The summed E-state index contributed by atoms with van der Waals surface area (Å²) in [6.07, 6.45) is -5.69. The molecule has 0 radical (unpaired) electrons. The Morgan fingerprint density at radius 3 is 2.48 bits per heavy atom. The van der Waals surface area contributed by atoms with Crippen molar-refractivity contribution in [1.82, 2.24) is 4.98 Å². The van der Waals surface area contributed by atoms with Crippen LogP contribution in [-0.4, -0.2) is 22.2 Å². The maximum Gasteiger partial charge on any atom is 0.461 e. The Morgan fingerprint density at radius 2 is 1.91 bits per heavy atom. The molecule has 0 atom stereocenters. The minimum atomic E-state index is -5.86. The normalized spacial score (nSPS) is 12.3. The van der Waals surface area contributed by atoms with E-state index in [4.69, 9.17) is 0 Å². The number of phenolic OH excluding ortho intramolecular Hbond substituents is 1. The third kappa shape index (κ3) is 3.25. The predicted molar refractivity (Wildman–Crippen MR) is 67.2 cm³/mol. The Kier molecular flexibility index (Phi) is 4.01. The lowest BCUT2D eigenvalue weighted by molar-refractivity contribution is -0.295. The molecule has 0 saturated heterocycles. The lowest BCUT2D eigenvalue weighted by Gasteiger charge is -2.16. The van der Waals surface area contributed by atoms with Crippen molar-refractivity contribution in [2.75, 3.05) is 5.32 Å². The van der Waals surface area contributed by atoms with Crippen LogP contribution < -0.4 is 5.32 Å². The number of benzene rings is 1. The van der Waals surface area contributed by atoms with Gasteiger partial charge in [-0.1, -0.05) is 6.07 Å². The Balaban J connectivity index is 2.21. The van der Waals surface area contributed by atoms with Crippen molar-refractivity contribution in [3.63, 3.8) is 0 Å². The van der Waals surface area contributed by atoms with Gasteiger partial charge in [0.05, 0.1) is 11.8 Å². The summed E-state index contributed by atoms with van der Waals surface area (Å²) < 4.78 is 66.9. The molecule has 0 aliphatic rings. The fourth-order valence-electron chi connectivity index (χ4n) is 1.61. The summed E-state index contributed by atoms with van der Waals surface area (Å²) in [5, 5.41) is 11.5. The van der Waals surface area contributed by atoms with Gasteiger partial charge in [-0.25, -0.2) is 4.98 Å². The highest BCUT2D eigenvalue weighted by Crippen LogP contribution is 2.44. The minimum Gasteiger partial charge on any atom is -0.507 e. The maximum absolute atomic E-state index is 13.0. The van der Waals surface area contributed by atoms with Crippen molar-refractivity contribution in [3.8, 4) is 5.75 Å². The molecule has 1 heterocycles. The Hall–Kier alpha value is -2.65. The smallest absolute Gasteiger partial charge is 0.461 e. The maximum atomic E-state index is 13.0. The van der Waals surface area contributed by atoms with Crippen molar-refractivity contribution < 1.29 is 36.3 Å². The molecule has 0 saturated carbocycles. The number of carbonyl (C=O) groups is 1. The number of nitrogens with zero attached hydrogens (tertiary/aromatic N) is 1. The van der Waals surface area contributed by atoms with E-state index in [1.807, 2.05) is 5.32 Å². The molecule has 2 aromatic rings. The van der Waals surface area contributed by atoms with E-state index >= 15 is 0 Å². The summed E-state index contributed by atoms with van der Waals surface area (Å²) in [7, 11) is 0. The highest BCUT2D eigenvalue weighted by atomic mass is 19.4. The van der Waals surface area contributed by atoms with E-state index in [0.29, 0.717) is 5.56 Å². The molecule has 1 amide bonds. The molecule has 5 nitrogen and oxygen atoms in total. The van der Waals surface area contributed by atoms with Crippen LogP contribution in [0.25, 0.3) is 0 Å². The molecule has 124 valence electrons. The Labute approximate surface area is 125 Å². The Bertz CT molecular complexity index is 739. The van der Waals surface area contributed by atoms with Gasteiger partial charge in [0.2, 0.25) is 5.76 Å². The quantitative estimate of drug-likeness (QED) is 0.840. The molecular formula is C13H9F5N2O3. The van der Waals surface area contributed by atoms with E-state index in [2.05, 4.69) is 9.40 Å². The number of hydrogen-bond donors (Lipinski definition) is 2. The van der Waals surface area contributed by atoms with Crippen LogP contribution in [0.1, 0.15) is 21.7 Å². The first-order chi connectivity index (χ1) is 10.5. The number of carbonyl (C=O) groups excluding carboxylic acids is 1. The standard InChI is InChI=1S/C13H9F5N2O3/c1-6-2-3-7(8(21)4-6)10(22)20-11-19-5-9(23-11)12(14,15)13(16,17)18/h2-5,21H,1H3,(H,19,20,22). The van der Waals surface area contributed by atoms with E-state index < -0.39 is 35.5 Å². The van der Waals surface area contributed by atoms with Crippen LogP contribution >= 0.6 is 0 Å². The third-order valence-electron chi connectivity index (χ3n) is 2.79. The zero-order valence-corrected chi connectivity index (χ0v) is 11.4. The summed E-state index contributed by atoms with van der Waals surface area (Å²) in [5.74, 6) is -8.37. The lowest BCUT2D eigenvalue weighted by Crippen LogP contribution is -2.33. The summed E-state index contributed by atoms with van der Waals surface area (Å²) in [4.78, 5) is 15.0. The average Bonchev–Trinajstić information content (AvgIpc) is 2.86. The predicted octanol–water partition coefficient (Wildman–Crippen LogP) is 3.60. The molecule has 1 aromatic heterocycles. The van der Waals surface area contributed by atoms with Gasteiger partial charge >= 0.3 is 18.1 Å². The van der Waals surface area contributed by atoms with E-state index in [9.17, 15) is 31.9 Å². The first-order valence-corrected chi connectivity index (χ1v) is 6.04. The van der Waals surface area contributed by atoms with Crippen LogP contribution in [0.4, 0.5) is 28.0 Å². The van der Waals surface area contributed by atoms with Gasteiger partial charge in [-0.15, -0.1) is 0 Å².